The van der Waals surface area contributed by atoms with Gasteiger partial charge in [-0.3, -0.25) is 4.57 Å². The van der Waals surface area contributed by atoms with E-state index in [1.807, 2.05) is 0 Å². The lowest BCUT2D eigenvalue weighted by Gasteiger charge is -2.21. The number of aliphatic hydroxyl groups is 1. The zero-order valence-corrected chi connectivity index (χ0v) is 25.3. The number of hydrogen-bond donors (Lipinski definition) is 2. The molecule has 35 heavy (non-hydrogen) atoms. The number of rotatable bonds is 24. The molecule has 7 nitrogen and oxygen atoms in total. The third-order valence-electron chi connectivity index (χ3n) is 5.64. The minimum atomic E-state index is -4.63. The van der Waals surface area contributed by atoms with Crippen LogP contribution in [-0.2, 0) is 13.8 Å². The van der Waals surface area contributed by atoms with Gasteiger partial charge in [0.15, 0.2) is 0 Å². The van der Waals surface area contributed by atoms with Crippen molar-refractivity contribution in [1.82, 2.24) is 0 Å². The average Bonchev–Trinajstić information content (AvgIpc) is 2.76. The topological polar surface area (TPSA) is 99.1 Å². The smallest absolute Gasteiger partial charge is 0.265 e. The Kier molecular flexibility index (Phi) is 27.8. The van der Waals surface area contributed by atoms with Crippen molar-refractivity contribution in [2.75, 3.05) is 66.1 Å². The Morgan fingerprint density at radius 2 is 1.31 bits per heavy atom. The molecule has 0 aliphatic heterocycles. The van der Waals surface area contributed by atoms with Crippen LogP contribution < -0.4 is 4.89 Å². The summed E-state index contributed by atoms with van der Waals surface area (Å²) in [6.45, 7) is 3.80. The number of thioether (sulfide) groups is 1. The monoisotopic (exact) mass is 543 g/mol. The summed E-state index contributed by atoms with van der Waals surface area (Å²) < 4.78 is 21.1. The van der Waals surface area contributed by atoms with Crippen LogP contribution in [0.3, 0.4) is 0 Å². The highest BCUT2D eigenvalue weighted by molar-refractivity contribution is 7.99. The van der Waals surface area contributed by atoms with Gasteiger partial charge in [-0.15, -0.1) is 0 Å². The Bertz CT molecular complexity index is 473. The van der Waals surface area contributed by atoms with Crippen molar-refractivity contribution in [2.45, 2.75) is 96.8 Å². The maximum absolute atomic E-state index is 10.7. The number of nitrogens with zero attached hydrogens (tertiary/aromatic N) is 1. The number of phosphoric ester groups is 1. The first-order valence-corrected chi connectivity index (χ1v) is 16.4. The van der Waals surface area contributed by atoms with E-state index in [1.165, 1.54) is 89.9 Å². The molecule has 0 saturated carbocycles. The van der Waals surface area contributed by atoms with Gasteiger partial charge in [-0.25, -0.2) is 0 Å². The Morgan fingerprint density at radius 3 is 1.66 bits per heavy atom. The Morgan fingerprint density at radius 1 is 0.857 bits per heavy atom. The maximum atomic E-state index is 10.7. The van der Waals surface area contributed by atoms with Crippen LogP contribution in [0.4, 0.5) is 0 Å². The van der Waals surface area contributed by atoms with Gasteiger partial charge >= 0.3 is 0 Å². The summed E-state index contributed by atoms with van der Waals surface area (Å²) in [5.74, 6) is 1.84. The van der Waals surface area contributed by atoms with E-state index in [9.17, 15) is 9.46 Å². The average molecular weight is 544 g/mol. The van der Waals surface area contributed by atoms with E-state index < -0.39 is 7.82 Å². The van der Waals surface area contributed by atoms with Gasteiger partial charge in [-0.05, 0) is 12.2 Å². The molecule has 0 aliphatic carbocycles. The second-order valence-corrected chi connectivity index (χ2v) is 12.8. The first-order chi connectivity index (χ1) is 16.6. The predicted octanol–water partition coefficient (Wildman–Crippen LogP) is 5.63. The van der Waals surface area contributed by atoms with Crippen molar-refractivity contribution in [3.63, 3.8) is 0 Å². The first kappa shape index (κ1) is 37.5. The van der Waals surface area contributed by atoms with Gasteiger partial charge in [0.2, 0.25) is 0 Å². The van der Waals surface area contributed by atoms with E-state index in [4.69, 9.17) is 14.7 Å². The largest absolute Gasteiger partial charge is 0.756 e. The normalized spacial score (nSPS) is 14.3. The molecule has 0 fully saturated rings. The number of ether oxygens (including phenoxy) is 1. The number of unbranched alkanes of at least 4 members (excludes halogenated alkanes) is 13. The molecular weight excluding hydrogens is 485 g/mol. The summed E-state index contributed by atoms with van der Waals surface area (Å²) in [5, 5.41) is 8.39. The second-order valence-electron chi connectivity index (χ2n) is 10.5. The number of quaternary nitrogens is 1. The quantitative estimate of drug-likeness (QED) is 0.0925. The van der Waals surface area contributed by atoms with Crippen LogP contribution in [0.5, 0.6) is 0 Å². The van der Waals surface area contributed by atoms with E-state index in [1.54, 1.807) is 18.9 Å². The SMILES string of the molecule is CCCCCCCCCCCCCCCCSCC(COC)COP(=O)([O-])O.C[N+](C)(C)CCO. The third-order valence-corrected chi connectivity index (χ3v) is 7.40. The highest BCUT2D eigenvalue weighted by Gasteiger charge is 2.12. The molecule has 0 aromatic heterocycles. The standard InChI is InChI=1S/C21H45O5PS.C5H14NO/c1-3-4-5-6-7-8-9-10-11-12-13-14-15-16-17-28-20-21(18-25-2)19-26-27(22,23)24;1-6(2,3)4-5-7/h21H,3-20H2,1-2H3,(H2,22,23,24);7H,4-5H2,1-3H3/q;+1/p-1. The van der Waals surface area contributed by atoms with E-state index in [-0.39, 0.29) is 19.1 Å². The minimum absolute atomic E-state index is 0.0170. The van der Waals surface area contributed by atoms with Crippen molar-refractivity contribution in [3.05, 3.63) is 0 Å². The molecule has 2 unspecified atom stereocenters. The molecule has 9 heteroatoms. The molecule has 2 atom stereocenters. The van der Waals surface area contributed by atoms with Crippen LogP contribution in [0.1, 0.15) is 96.8 Å². The lowest BCUT2D eigenvalue weighted by Crippen LogP contribution is -2.36. The zero-order valence-electron chi connectivity index (χ0n) is 23.5. The molecule has 2 N–H and O–H groups in total. The fraction of sp³-hybridized carbons (Fsp3) is 1.00. The summed E-state index contributed by atoms with van der Waals surface area (Å²) in [6.07, 6.45) is 19.1. The zero-order chi connectivity index (χ0) is 26.8. The van der Waals surface area contributed by atoms with E-state index in [0.29, 0.717) is 6.61 Å². The maximum Gasteiger partial charge on any atom is 0.265 e. The summed E-state index contributed by atoms with van der Waals surface area (Å²) in [4.78, 5) is 19.4. The first-order valence-electron chi connectivity index (χ1n) is 13.7. The van der Waals surface area contributed by atoms with E-state index in [2.05, 4.69) is 32.6 Å². The lowest BCUT2D eigenvalue weighted by atomic mass is 10.0. The van der Waals surface area contributed by atoms with Gasteiger partial charge in [0, 0.05) is 18.8 Å². The van der Waals surface area contributed by atoms with Crippen LogP contribution in [-0.4, -0.2) is 80.6 Å². The number of aliphatic hydroxyl groups excluding tert-OH is 1. The fourth-order valence-electron chi connectivity index (χ4n) is 3.53. The minimum Gasteiger partial charge on any atom is -0.756 e. The van der Waals surface area contributed by atoms with Crippen LogP contribution in [0.25, 0.3) is 0 Å². The van der Waals surface area contributed by atoms with Crippen LogP contribution >= 0.6 is 19.6 Å². The van der Waals surface area contributed by atoms with E-state index >= 15 is 0 Å². The van der Waals surface area contributed by atoms with Gasteiger partial charge in [0.25, 0.3) is 7.82 Å². The molecule has 0 amide bonds. The summed E-state index contributed by atoms with van der Waals surface area (Å²) >= 11 is 1.80. The van der Waals surface area contributed by atoms with Crippen molar-refractivity contribution in [2.24, 2.45) is 5.92 Å². The molecule has 0 rings (SSSR count). The third kappa shape index (κ3) is 36.6. The number of likely N-dealkylation sites (N-methyl/N-ethyl adjacent to an activating group) is 1. The summed E-state index contributed by atoms with van der Waals surface area (Å²) in [6, 6.07) is 0. The van der Waals surface area contributed by atoms with Gasteiger partial charge in [-0.2, -0.15) is 11.8 Å². The van der Waals surface area contributed by atoms with Crippen molar-refractivity contribution in [1.29, 1.82) is 0 Å². The van der Waals surface area contributed by atoms with Gasteiger partial charge in [-0.1, -0.05) is 90.4 Å². The molecule has 0 aromatic rings. The molecule has 0 saturated heterocycles. The summed E-state index contributed by atoms with van der Waals surface area (Å²) in [5.41, 5.74) is 0. The molecule has 0 bridgehead atoms. The van der Waals surface area contributed by atoms with Crippen molar-refractivity contribution in [3.8, 4) is 0 Å². The van der Waals surface area contributed by atoms with Gasteiger partial charge in [0.05, 0.1) is 41.0 Å². The van der Waals surface area contributed by atoms with Crippen molar-refractivity contribution >= 4 is 19.6 Å². The van der Waals surface area contributed by atoms with Gasteiger partial charge in [0.1, 0.15) is 6.54 Å². The molecule has 0 spiro atoms. The highest BCUT2D eigenvalue weighted by Crippen LogP contribution is 2.31. The van der Waals surface area contributed by atoms with Gasteiger partial charge < -0.3 is 28.6 Å². The van der Waals surface area contributed by atoms with Crippen LogP contribution in [0, 0.1) is 5.92 Å². The summed E-state index contributed by atoms with van der Waals surface area (Å²) in [7, 11) is 3.11. The highest BCUT2D eigenvalue weighted by atomic mass is 32.2. The lowest BCUT2D eigenvalue weighted by molar-refractivity contribution is -0.870. The molecule has 214 valence electrons. The Balaban J connectivity index is 0. The molecular formula is C26H58NO6PS. The number of phosphoric acid groups is 1. The second kappa shape index (κ2) is 26.0. The number of hydrogen-bond acceptors (Lipinski definition) is 6. The Labute approximate surface area is 221 Å². The number of methoxy groups -OCH3 is 1. The van der Waals surface area contributed by atoms with E-state index in [0.717, 1.165) is 22.5 Å². The Hall–Kier alpha value is 0.340. The molecule has 0 aliphatic rings. The van der Waals surface area contributed by atoms with Crippen LogP contribution in [0.15, 0.2) is 0 Å². The molecule has 0 radical (unpaired) electrons. The predicted molar refractivity (Wildman–Crippen MR) is 149 cm³/mol. The van der Waals surface area contributed by atoms with Crippen LogP contribution in [0.2, 0.25) is 0 Å². The molecule has 0 aromatic carbocycles. The van der Waals surface area contributed by atoms with Crippen molar-refractivity contribution < 1.29 is 33.2 Å². The molecule has 0 heterocycles. The fourth-order valence-corrected chi connectivity index (χ4v) is 5.03.